The first kappa shape index (κ1) is 14.7. The van der Waals surface area contributed by atoms with Gasteiger partial charge >= 0.3 is 0 Å². The van der Waals surface area contributed by atoms with Crippen molar-refractivity contribution in [2.24, 2.45) is 0 Å². The second-order valence-corrected chi connectivity index (χ2v) is 7.22. The molecule has 0 radical (unpaired) electrons. The van der Waals surface area contributed by atoms with Gasteiger partial charge in [0.25, 0.3) is 10.0 Å². The van der Waals surface area contributed by atoms with E-state index in [2.05, 4.69) is 46.5 Å². The number of halogens is 3. The Bertz CT molecular complexity index is 724. The molecule has 100 valence electrons. The molecule has 9 heteroatoms. The maximum atomic E-state index is 12.2. The topological polar surface area (TPSA) is 72.0 Å². The Morgan fingerprint density at radius 1 is 1.21 bits per heavy atom. The van der Waals surface area contributed by atoms with Gasteiger partial charge in [0, 0.05) is 8.95 Å². The van der Waals surface area contributed by atoms with Crippen molar-refractivity contribution in [3.05, 3.63) is 44.7 Å². The van der Waals surface area contributed by atoms with Gasteiger partial charge in [0.2, 0.25) is 0 Å². The molecule has 1 N–H and O–H groups in total. The summed E-state index contributed by atoms with van der Waals surface area (Å²) in [5.41, 5.74) is 0. The number of rotatable bonds is 3. The normalized spacial score (nSPS) is 11.3. The second kappa shape index (κ2) is 5.74. The second-order valence-electron chi connectivity index (χ2n) is 3.41. The highest BCUT2D eigenvalue weighted by molar-refractivity contribution is 9.11. The van der Waals surface area contributed by atoms with Gasteiger partial charge in [-0.05, 0) is 34.1 Å². The number of sulfonamides is 1. The first-order chi connectivity index (χ1) is 8.88. The lowest BCUT2D eigenvalue weighted by molar-refractivity contribution is 0.600. The summed E-state index contributed by atoms with van der Waals surface area (Å²) in [6.07, 6.45) is 2.59. The molecule has 0 aliphatic carbocycles. The van der Waals surface area contributed by atoms with Crippen LogP contribution < -0.4 is 4.72 Å². The van der Waals surface area contributed by atoms with Crippen molar-refractivity contribution in [1.29, 1.82) is 0 Å². The Balaban J connectivity index is 2.38. The van der Waals surface area contributed by atoms with Crippen LogP contribution in [0.1, 0.15) is 0 Å². The monoisotopic (exact) mass is 425 g/mol. The molecule has 0 fully saturated rings. The first-order valence-electron chi connectivity index (χ1n) is 4.84. The molecule has 0 saturated carbocycles. The summed E-state index contributed by atoms with van der Waals surface area (Å²) in [6.45, 7) is 0. The minimum absolute atomic E-state index is 0.0577. The van der Waals surface area contributed by atoms with E-state index in [-0.39, 0.29) is 15.9 Å². The van der Waals surface area contributed by atoms with Crippen LogP contribution in [0.4, 0.5) is 5.82 Å². The van der Waals surface area contributed by atoms with E-state index >= 15 is 0 Å². The fraction of sp³-hybridized carbons (Fsp3) is 0. The van der Waals surface area contributed by atoms with Crippen molar-refractivity contribution in [3.63, 3.8) is 0 Å². The van der Waals surface area contributed by atoms with Crippen LogP contribution in [0, 0.1) is 0 Å². The smallest absolute Gasteiger partial charge is 0.262 e. The van der Waals surface area contributed by atoms with Crippen LogP contribution in [-0.2, 0) is 10.0 Å². The summed E-state index contributed by atoms with van der Waals surface area (Å²) in [5, 5.41) is 0.107. The van der Waals surface area contributed by atoms with Crippen molar-refractivity contribution in [2.75, 3.05) is 4.72 Å². The van der Waals surface area contributed by atoms with E-state index in [4.69, 9.17) is 11.6 Å². The van der Waals surface area contributed by atoms with E-state index in [0.29, 0.717) is 4.47 Å². The molecule has 0 saturated heterocycles. The summed E-state index contributed by atoms with van der Waals surface area (Å²) in [6, 6.07) is 4.73. The maximum absolute atomic E-state index is 12.2. The number of hydrogen-bond donors (Lipinski definition) is 1. The number of benzene rings is 1. The quantitative estimate of drug-likeness (QED) is 0.814. The number of anilines is 1. The van der Waals surface area contributed by atoms with Crippen molar-refractivity contribution in [1.82, 2.24) is 9.97 Å². The molecule has 1 aromatic carbocycles. The molecule has 1 aromatic heterocycles. The minimum atomic E-state index is -3.76. The summed E-state index contributed by atoms with van der Waals surface area (Å²) < 4.78 is 27.9. The van der Waals surface area contributed by atoms with E-state index in [0.717, 1.165) is 4.47 Å². The third kappa shape index (κ3) is 3.65. The van der Waals surface area contributed by atoms with Gasteiger partial charge in [-0.15, -0.1) is 0 Å². The summed E-state index contributed by atoms with van der Waals surface area (Å²) in [5.74, 6) is 0.0577. The van der Waals surface area contributed by atoms with Gasteiger partial charge in [-0.2, -0.15) is 0 Å². The molecular formula is C10H6Br2ClN3O2S. The van der Waals surface area contributed by atoms with Crippen molar-refractivity contribution in [2.45, 2.75) is 4.90 Å². The summed E-state index contributed by atoms with van der Waals surface area (Å²) in [7, 11) is -3.76. The average molecular weight is 428 g/mol. The fourth-order valence-electron chi connectivity index (χ4n) is 1.28. The van der Waals surface area contributed by atoms with Crippen LogP contribution in [-0.4, -0.2) is 18.4 Å². The predicted octanol–water partition coefficient (Wildman–Crippen LogP) is 3.46. The van der Waals surface area contributed by atoms with Gasteiger partial charge in [0.1, 0.15) is 10.0 Å². The van der Waals surface area contributed by atoms with E-state index < -0.39 is 10.0 Å². The zero-order valence-corrected chi connectivity index (χ0v) is 13.9. The molecule has 0 bridgehead atoms. The third-order valence-corrected chi connectivity index (χ3v) is 5.03. The lowest BCUT2D eigenvalue weighted by atomic mass is 10.4. The van der Waals surface area contributed by atoms with Crippen molar-refractivity contribution >= 4 is 59.3 Å². The molecule has 2 rings (SSSR count). The highest BCUT2D eigenvalue weighted by atomic mass is 79.9. The molecular weight excluding hydrogens is 421 g/mol. The Morgan fingerprint density at radius 3 is 2.58 bits per heavy atom. The van der Waals surface area contributed by atoms with Crippen LogP contribution >= 0.6 is 43.5 Å². The number of aromatic nitrogens is 2. The molecule has 0 aliphatic rings. The largest absolute Gasteiger partial charge is 0.264 e. The van der Waals surface area contributed by atoms with E-state index in [9.17, 15) is 8.42 Å². The molecule has 19 heavy (non-hydrogen) atoms. The van der Waals surface area contributed by atoms with Gasteiger partial charge in [0.05, 0.1) is 12.4 Å². The molecule has 0 spiro atoms. The average Bonchev–Trinajstić information content (AvgIpc) is 2.27. The standard InChI is InChI=1S/C10H6Br2ClN3O2S/c11-6-1-2-8(7(12)3-6)19(17,18)16-10-5-14-4-9(13)15-10/h1-5H,(H,15,16). The minimum Gasteiger partial charge on any atom is -0.262 e. The zero-order valence-electron chi connectivity index (χ0n) is 9.14. The molecule has 1 heterocycles. The third-order valence-electron chi connectivity index (χ3n) is 2.03. The predicted molar refractivity (Wildman–Crippen MR) is 79.7 cm³/mol. The van der Waals surface area contributed by atoms with Crippen molar-refractivity contribution in [3.8, 4) is 0 Å². The summed E-state index contributed by atoms with van der Waals surface area (Å²) >= 11 is 12.1. The van der Waals surface area contributed by atoms with Gasteiger partial charge in [-0.1, -0.05) is 27.5 Å². The van der Waals surface area contributed by atoms with Crippen LogP contribution in [0.5, 0.6) is 0 Å². The van der Waals surface area contributed by atoms with Crippen LogP contribution in [0.15, 0.2) is 44.4 Å². The Hall–Kier alpha value is -0.700. The molecule has 0 unspecified atom stereocenters. The van der Waals surface area contributed by atoms with Gasteiger partial charge in [0.15, 0.2) is 5.82 Å². The molecule has 5 nitrogen and oxygen atoms in total. The Kier molecular flexibility index (Phi) is 4.44. The molecule has 0 aliphatic heterocycles. The van der Waals surface area contributed by atoms with Crippen LogP contribution in [0.3, 0.4) is 0 Å². The SMILES string of the molecule is O=S(=O)(Nc1cncc(Cl)n1)c1ccc(Br)cc1Br. The first-order valence-corrected chi connectivity index (χ1v) is 8.28. The van der Waals surface area contributed by atoms with Gasteiger partial charge < -0.3 is 0 Å². The Labute approximate surface area is 131 Å². The van der Waals surface area contributed by atoms with Crippen LogP contribution in [0.2, 0.25) is 5.15 Å². The summed E-state index contributed by atoms with van der Waals surface area (Å²) in [4.78, 5) is 7.67. The number of nitrogens with one attached hydrogen (secondary N) is 1. The molecule has 0 atom stereocenters. The maximum Gasteiger partial charge on any atom is 0.264 e. The van der Waals surface area contributed by atoms with Gasteiger partial charge in [-0.25, -0.2) is 13.4 Å². The van der Waals surface area contributed by atoms with Gasteiger partial charge in [-0.3, -0.25) is 9.71 Å². The van der Waals surface area contributed by atoms with Crippen molar-refractivity contribution < 1.29 is 8.42 Å². The molecule has 2 aromatic rings. The fourth-order valence-corrected chi connectivity index (χ4v) is 4.16. The number of nitrogens with zero attached hydrogens (tertiary/aromatic N) is 2. The number of hydrogen-bond acceptors (Lipinski definition) is 4. The van der Waals surface area contributed by atoms with Crippen LogP contribution in [0.25, 0.3) is 0 Å². The lowest BCUT2D eigenvalue weighted by Crippen LogP contribution is -2.14. The van der Waals surface area contributed by atoms with E-state index in [1.807, 2.05) is 0 Å². The Morgan fingerprint density at radius 2 is 1.95 bits per heavy atom. The molecule has 0 amide bonds. The highest BCUT2D eigenvalue weighted by Gasteiger charge is 2.18. The zero-order chi connectivity index (χ0) is 14.0. The van der Waals surface area contributed by atoms with E-state index in [1.165, 1.54) is 18.5 Å². The lowest BCUT2D eigenvalue weighted by Gasteiger charge is -2.09. The van der Waals surface area contributed by atoms with E-state index in [1.54, 1.807) is 12.1 Å². The highest BCUT2D eigenvalue weighted by Crippen LogP contribution is 2.27.